The number of hydrogen-bond donors (Lipinski definition) is 3. The van der Waals surface area contributed by atoms with Crippen molar-refractivity contribution in [1.29, 1.82) is 0 Å². The van der Waals surface area contributed by atoms with Crippen LogP contribution in [0.25, 0.3) is 17.2 Å². The van der Waals surface area contributed by atoms with E-state index in [1.54, 1.807) is 7.11 Å². The molecule has 2 aromatic rings. The van der Waals surface area contributed by atoms with Crippen LogP contribution in [0.3, 0.4) is 0 Å². The van der Waals surface area contributed by atoms with Crippen LogP contribution in [-0.2, 0) is 0 Å². The molecule has 3 heterocycles. The molecule has 0 spiro atoms. The molecular formula is C24H26N4O. The number of nitrogens with zero attached hydrogens (tertiary/aromatic N) is 1. The first-order chi connectivity index (χ1) is 14.1. The van der Waals surface area contributed by atoms with E-state index in [0.29, 0.717) is 5.92 Å². The standard InChI is InChI=1S/C24H26N4O/c1-14(2)23-27-20-9-8-15(11-21(20)28-23)16-10-18-19(13-26-24(18)25-12-16)17-6-4-5-7-22(17)29-3/h4-10,13-14,21,25-26H,11-12H2,1-3H3,(H,27,28). The normalized spacial score (nSPS) is 19.9. The fourth-order valence-electron chi connectivity index (χ4n) is 4.24. The van der Waals surface area contributed by atoms with E-state index in [0.717, 1.165) is 41.5 Å². The van der Waals surface area contributed by atoms with Gasteiger partial charge in [-0.3, -0.25) is 4.99 Å². The molecule has 1 atom stereocenters. The fraction of sp³-hybridized carbons (Fsp3) is 0.292. The van der Waals surface area contributed by atoms with Crippen molar-refractivity contribution in [3.8, 4) is 16.9 Å². The molecular weight excluding hydrogens is 360 g/mol. The number of H-pyrrole nitrogens is 1. The Labute approximate surface area is 171 Å². The zero-order valence-corrected chi connectivity index (χ0v) is 17.0. The van der Waals surface area contributed by atoms with Gasteiger partial charge in [0.1, 0.15) is 17.4 Å². The van der Waals surface area contributed by atoms with Crippen LogP contribution < -0.4 is 15.4 Å². The maximum Gasteiger partial charge on any atom is 0.126 e. The summed E-state index contributed by atoms with van der Waals surface area (Å²) < 4.78 is 5.58. The third-order valence-electron chi connectivity index (χ3n) is 5.85. The van der Waals surface area contributed by atoms with Crippen LogP contribution in [0.5, 0.6) is 5.75 Å². The van der Waals surface area contributed by atoms with Gasteiger partial charge in [-0.1, -0.05) is 38.1 Å². The predicted octanol–water partition coefficient (Wildman–Crippen LogP) is 4.74. The lowest BCUT2D eigenvalue weighted by Crippen LogP contribution is -2.24. The molecule has 0 saturated heterocycles. The summed E-state index contributed by atoms with van der Waals surface area (Å²) in [6.07, 6.45) is 9.74. The highest BCUT2D eigenvalue weighted by molar-refractivity contribution is 5.89. The Morgan fingerprint density at radius 2 is 1.97 bits per heavy atom. The maximum atomic E-state index is 5.58. The third kappa shape index (κ3) is 3.07. The van der Waals surface area contributed by atoms with Gasteiger partial charge in [-0.2, -0.15) is 0 Å². The average molecular weight is 386 g/mol. The first kappa shape index (κ1) is 17.9. The summed E-state index contributed by atoms with van der Waals surface area (Å²) in [5.41, 5.74) is 7.31. The van der Waals surface area contributed by atoms with Gasteiger partial charge in [0.05, 0.1) is 13.2 Å². The minimum absolute atomic E-state index is 0.217. The van der Waals surface area contributed by atoms with E-state index < -0.39 is 0 Å². The smallest absolute Gasteiger partial charge is 0.126 e. The van der Waals surface area contributed by atoms with Crippen LogP contribution in [0.1, 0.15) is 25.8 Å². The molecule has 3 N–H and O–H groups in total. The summed E-state index contributed by atoms with van der Waals surface area (Å²) in [6.45, 7) is 5.17. The topological polar surface area (TPSA) is 61.4 Å². The number of rotatable bonds is 4. The SMILES string of the molecule is COc1ccccc1-c1c[nH]c2c1C=C(C1=CC=C3NC(C(C)C)=NC3C1)CN2. The van der Waals surface area contributed by atoms with Gasteiger partial charge in [0.25, 0.3) is 0 Å². The zero-order chi connectivity index (χ0) is 20.0. The Kier molecular flexibility index (Phi) is 4.31. The van der Waals surface area contributed by atoms with Crippen molar-refractivity contribution in [2.75, 3.05) is 19.0 Å². The van der Waals surface area contributed by atoms with E-state index in [2.05, 4.69) is 60.0 Å². The van der Waals surface area contributed by atoms with Gasteiger partial charge < -0.3 is 20.4 Å². The molecule has 0 saturated carbocycles. The number of anilines is 1. The van der Waals surface area contributed by atoms with Crippen LogP contribution in [0, 0.1) is 5.92 Å². The molecule has 1 aromatic carbocycles. The number of aliphatic imine (C=N–C) groups is 1. The van der Waals surface area contributed by atoms with Crippen molar-refractivity contribution in [2.45, 2.75) is 26.3 Å². The molecule has 29 heavy (non-hydrogen) atoms. The largest absolute Gasteiger partial charge is 0.496 e. The number of amidine groups is 1. The van der Waals surface area contributed by atoms with Crippen molar-refractivity contribution in [1.82, 2.24) is 10.3 Å². The summed E-state index contributed by atoms with van der Waals surface area (Å²) in [4.78, 5) is 8.28. The van der Waals surface area contributed by atoms with Gasteiger partial charge in [0, 0.05) is 47.5 Å². The molecule has 1 aromatic heterocycles. The molecule has 3 aliphatic rings. The lowest BCUT2D eigenvalue weighted by molar-refractivity contribution is 0.416. The fourth-order valence-corrected chi connectivity index (χ4v) is 4.24. The van der Waals surface area contributed by atoms with Crippen molar-refractivity contribution in [2.24, 2.45) is 10.9 Å². The van der Waals surface area contributed by atoms with Gasteiger partial charge in [-0.05, 0) is 29.4 Å². The summed E-state index contributed by atoms with van der Waals surface area (Å²) in [5.74, 6) is 3.46. The lowest BCUT2D eigenvalue weighted by atomic mass is 9.89. The van der Waals surface area contributed by atoms with E-state index in [9.17, 15) is 0 Å². The molecule has 0 radical (unpaired) electrons. The number of ether oxygens (including phenoxy) is 1. The van der Waals surface area contributed by atoms with E-state index in [-0.39, 0.29) is 6.04 Å². The second-order valence-electron chi connectivity index (χ2n) is 8.04. The molecule has 0 fully saturated rings. The van der Waals surface area contributed by atoms with E-state index in [4.69, 9.17) is 9.73 Å². The second-order valence-corrected chi connectivity index (χ2v) is 8.04. The van der Waals surface area contributed by atoms with E-state index in [1.165, 1.54) is 22.4 Å². The molecule has 0 bridgehead atoms. The quantitative estimate of drug-likeness (QED) is 0.711. The number of methoxy groups -OCH3 is 1. The number of para-hydroxylation sites is 1. The van der Waals surface area contributed by atoms with Crippen molar-refractivity contribution in [3.05, 3.63) is 65.0 Å². The summed E-state index contributed by atoms with van der Waals surface area (Å²) in [5, 5.41) is 7.03. The van der Waals surface area contributed by atoms with Crippen LogP contribution in [0.2, 0.25) is 0 Å². The highest BCUT2D eigenvalue weighted by Crippen LogP contribution is 2.40. The summed E-state index contributed by atoms with van der Waals surface area (Å²) in [6, 6.07) is 8.37. The molecule has 5 nitrogen and oxygen atoms in total. The Bertz CT molecular complexity index is 1080. The molecule has 1 unspecified atom stereocenters. The number of hydrogen-bond acceptors (Lipinski definition) is 4. The average Bonchev–Trinajstić information content (AvgIpc) is 3.37. The molecule has 0 amide bonds. The Morgan fingerprint density at radius 1 is 1.10 bits per heavy atom. The molecule has 5 heteroatoms. The first-order valence-corrected chi connectivity index (χ1v) is 10.2. The Morgan fingerprint density at radius 3 is 2.79 bits per heavy atom. The van der Waals surface area contributed by atoms with Crippen molar-refractivity contribution < 1.29 is 4.74 Å². The third-order valence-corrected chi connectivity index (χ3v) is 5.85. The van der Waals surface area contributed by atoms with Gasteiger partial charge in [-0.25, -0.2) is 0 Å². The Hall–Kier alpha value is -3.21. The van der Waals surface area contributed by atoms with Crippen molar-refractivity contribution >= 4 is 17.7 Å². The van der Waals surface area contributed by atoms with Crippen LogP contribution >= 0.6 is 0 Å². The Balaban J connectivity index is 1.48. The summed E-state index contributed by atoms with van der Waals surface area (Å²) in [7, 11) is 1.72. The second kappa shape index (κ2) is 6.99. The van der Waals surface area contributed by atoms with E-state index >= 15 is 0 Å². The van der Waals surface area contributed by atoms with Gasteiger partial charge in [-0.15, -0.1) is 0 Å². The number of allylic oxidation sites excluding steroid dienone is 2. The van der Waals surface area contributed by atoms with Crippen LogP contribution in [0.4, 0.5) is 5.82 Å². The summed E-state index contributed by atoms with van der Waals surface area (Å²) >= 11 is 0. The minimum atomic E-state index is 0.217. The number of benzene rings is 1. The molecule has 1 aliphatic carbocycles. The lowest BCUT2D eigenvalue weighted by Gasteiger charge is -2.23. The maximum absolute atomic E-state index is 5.58. The molecule has 148 valence electrons. The molecule has 5 rings (SSSR count). The number of aromatic amines is 1. The first-order valence-electron chi connectivity index (χ1n) is 10.2. The minimum Gasteiger partial charge on any atom is -0.496 e. The predicted molar refractivity (Wildman–Crippen MR) is 119 cm³/mol. The van der Waals surface area contributed by atoms with Gasteiger partial charge in [0.2, 0.25) is 0 Å². The number of aromatic nitrogens is 1. The number of fused-ring (bicyclic) bond motifs is 2. The van der Waals surface area contributed by atoms with Crippen molar-refractivity contribution in [3.63, 3.8) is 0 Å². The van der Waals surface area contributed by atoms with Crippen LogP contribution in [0.15, 0.2) is 64.5 Å². The van der Waals surface area contributed by atoms with Crippen LogP contribution in [-0.4, -0.2) is 30.5 Å². The highest BCUT2D eigenvalue weighted by atomic mass is 16.5. The zero-order valence-electron chi connectivity index (χ0n) is 17.0. The molecule has 2 aliphatic heterocycles. The van der Waals surface area contributed by atoms with Gasteiger partial charge >= 0.3 is 0 Å². The number of nitrogens with one attached hydrogen (secondary N) is 3. The monoisotopic (exact) mass is 386 g/mol. The van der Waals surface area contributed by atoms with E-state index in [1.807, 2.05) is 18.2 Å². The van der Waals surface area contributed by atoms with Gasteiger partial charge in [0.15, 0.2) is 0 Å². The highest BCUT2D eigenvalue weighted by Gasteiger charge is 2.29.